The fourth-order valence-corrected chi connectivity index (χ4v) is 5.39. The fourth-order valence-electron chi connectivity index (χ4n) is 4.54. The Balaban J connectivity index is 1.64. The van der Waals surface area contributed by atoms with Crippen molar-refractivity contribution in [3.8, 4) is 5.75 Å². The number of hydrogen-bond donors (Lipinski definition) is 1. The van der Waals surface area contributed by atoms with Gasteiger partial charge in [0.05, 0.1) is 10.2 Å². The molecular formula is C20H26N2O4S. The number of aromatic hydroxyl groups is 1. The highest BCUT2D eigenvalue weighted by atomic mass is 32.1. The molecule has 6 nitrogen and oxygen atoms in total. The summed E-state index contributed by atoms with van der Waals surface area (Å²) in [6, 6.07) is 2.70. The number of aromatic nitrogens is 1. The number of rotatable bonds is 5. The summed E-state index contributed by atoms with van der Waals surface area (Å²) < 4.78 is 7.89. The van der Waals surface area contributed by atoms with Gasteiger partial charge in [-0.2, -0.15) is 0 Å². The molecule has 2 saturated heterocycles. The molecule has 1 N–H and O–H groups in total. The monoisotopic (exact) mass is 390 g/mol. The summed E-state index contributed by atoms with van der Waals surface area (Å²) in [6.45, 7) is 2.58. The maximum Gasteiger partial charge on any atom is 0.347 e. The summed E-state index contributed by atoms with van der Waals surface area (Å²) >= 11 is 1.33. The highest BCUT2D eigenvalue weighted by Gasteiger charge is 2.40. The third-order valence-corrected chi connectivity index (χ3v) is 7.02. The molecule has 0 saturated carbocycles. The van der Waals surface area contributed by atoms with Crippen LogP contribution >= 0.6 is 11.3 Å². The molecule has 2 aromatic rings. The van der Waals surface area contributed by atoms with E-state index in [-0.39, 0.29) is 17.4 Å². The smallest absolute Gasteiger partial charge is 0.347 e. The van der Waals surface area contributed by atoms with Gasteiger partial charge in [-0.25, -0.2) is 4.79 Å². The molecule has 0 aliphatic carbocycles. The van der Waals surface area contributed by atoms with Crippen LogP contribution in [0.15, 0.2) is 16.2 Å². The van der Waals surface area contributed by atoms with Gasteiger partial charge in [0, 0.05) is 31.5 Å². The summed E-state index contributed by atoms with van der Waals surface area (Å²) in [5.41, 5.74) is 0.0184. The van der Waals surface area contributed by atoms with Gasteiger partial charge in [-0.05, 0) is 37.8 Å². The molecule has 7 heteroatoms. The highest BCUT2D eigenvalue weighted by Crippen LogP contribution is 2.36. The zero-order valence-electron chi connectivity index (χ0n) is 15.8. The molecule has 27 heavy (non-hydrogen) atoms. The quantitative estimate of drug-likeness (QED) is 0.793. The summed E-state index contributed by atoms with van der Waals surface area (Å²) in [6.07, 6.45) is 5.44. The Bertz CT molecular complexity index is 905. The number of esters is 1. The van der Waals surface area contributed by atoms with Gasteiger partial charge < -0.3 is 19.3 Å². The van der Waals surface area contributed by atoms with Crippen molar-refractivity contribution in [2.24, 2.45) is 0 Å². The maximum absolute atomic E-state index is 13.0. The first-order valence-electron chi connectivity index (χ1n) is 9.77. The first-order valence-corrected chi connectivity index (χ1v) is 10.6. The number of nitrogens with zero attached hydrogens (tertiary/aromatic N) is 2. The van der Waals surface area contributed by atoms with Crippen molar-refractivity contribution in [3.63, 3.8) is 0 Å². The zero-order chi connectivity index (χ0) is 19.1. The second-order valence-corrected chi connectivity index (χ2v) is 8.63. The van der Waals surface area contributed by atoms with E-state index >= 15 is 0 Å². The fraction of sp³-hybridized carbons (Fsp3) is 0.600. The lowest BCUT2D eigenvalue weighted by atomic mass is 10.0. The molecule has 0 amide bonds. The standard InChI is InChI=1S/C20H26N2O4S/c1-3-4-8-22-15-7-9-27-18(15)17(23)16(19(22)24)20(25)26-14-10-12-5-6-13(11-14)21(12)2/h7,9,12-14,23H,3-6,8,10-11H2,1-2H3. The normalized spacial score (nSPS) is 25.2. The molecular weight excluding hydrogens is 364 g/mol. The van der Waals surface area contributed by atoms with E-state index in [0.717, 1.165) is 38.5 Å². The van der Waals surface area contributed by atoms with Crippen LogP contribution in [0.25, 0.3) is 10.2 Å². The van der Waals surface area contributed by atoms with E-state index in [1.165, 1.54) is 11.3 Å². The van der Waals surface area contributed by atoms with E-state index in [0.29, 0.717) is 28.8 Å². The number of carbonyl (C=O) groups is 1. The first-order chi connectivity index (χ1) is 13.0. The Labute approximate surface area is 162 Å². The number of fused-ring (bicyclic) bond motifs is 3. The van der Waals surface area contributed by atoms with Crippen molar-refractivity contribution in [2.75, 3.05) is 7.05 Å². The molecule has 0 radical (unpaired) electrons. The molecule has 4 rings (SSSR count). The average molecular weight is 391 g/mol. The number of thiophene rings is 1. The van der Waals surface area contributed by atoms with Crippen molar-refractivity contribution in [1.29, 1.82) is 0 Å². The number of pyridine rings is 1. The number of aryl methyl sites for hydroxylation is 1. The van der Waals surface area contributed by atoms with Crippen molar-refractivity contribution >= 4 is 27.5 Å². The lowest BCUT2D eigenvalue weighted by molar-refractivity contribution is -0.000855. The lowest BCUT2D eigenvalue weighted by Gasteiger charge is -2.35. The van der Waals surface area contributed by atoms with E-state index < -0.39 is 11.5 Å². The van der Waals surface area contributed by atoms with E-state index in [9.17, 15) is 14.7 Å². The number of piperidine rings is 1. The number of unbranched alkanes of at least 4 members (excludes halogenated alkanes) is 1. The SMILES string of the molecule is CCCCn1c(=O)c(C(=O)OC2CC3CCC(C2)N3C)c(O)c2sccc21. The average Bonchev–Trinajstić information content (AvgIpc) is 3.18. The van der Waals surface area contributed by atoms with Crippen molar-refractivity contribution in [1.82, 2.24) is 9.47 Å². The van der Waals surface area contributed by atoms with Crippen LogP contribution in [0.2, 0.25) is 0 Å². The van der Waals surface area contributed by atoms with Gasteiger partial charge >= 0.3 is 5.97 Å². The molecule has 2 aromatic heterocycles. The van der Waals surface area contributed by atoms with Crippen molar-refractivity contribution in [3.05, 3.63) is 27.4 Å². The topological polar surface area (TPSA) is 71.8 Å². The van der Waals surface area contributed by atoms with Gasteiger partial charge in [-0.15, -0.1) is 11.3 Å². The van der Waals surface area contributed by atoms with Gasteiger partial charge in [0.25, 0.3) is 5.56 Å². The van der Waals surface area contributed by atoms with Gasteiger partial charge in [-0.1, -0.05) is 13.3 Å². The Morgan fingerprint density at radius 3 is 2.70 bits per heavy atom. The van der Waals surface area contributed by atoms with E-state index in [4.69, 9.17) is 4.74 Å². The Hall–Kier alpha value is -1.86. The van der Waals surface area contributed by atoms with Crippen LogP contribution in [0.5, 0.6) is 5.75 Å². The van der Waals surface area contributed by atoms with Gasteiger partial charge in [0.15, 0.2) is 11.3 Å². The lowest BCUT2D eigenvalue weighted by Crippen LogP contribution is -2.43. The third-order valence-electron chi connectivity index (χ3n) is 6.11. The van der Waals surface area contributed by atoms with Crippen LogP contribution in [0.1, 0.15) is 55.8 Å². The van der Waals surface area contributed by atoms with E-state index in [1.54, 1.807) is 4.57 Å². The summed E-state index contributed by atoms with van der Waals surface area (Å²) in [5.74, 6) is -0.925. The second kappa shape index (κ2) is 7.28. The summed E-state index contributed by atoms with van der Waals surface area (Å²) in [5, 5.41) is 12.4. The van der Waals surface area contributed by atoms with Crippen LogP contribution in [0, 0.1) is 0 Å². The van der Waals surface area contributed by atoms with E-state index in [1.807, 2.05) is 11.4 Å². The van der Waals surface area contributed by atoms with Crippen LogP contribution in [-0.2, 0) is 11.3 Å². The third kappa shape index (κ3) is 3.17. The van der Waals surface area contributed by atoms with Crippen LogP contribution in [0.4, 0.5) is 0 Å². The molecule has 2 aliphatic heterocycles. The molecule has 0 aromatic carbocycles. The highest BCUT2D eigenvalue weighted by molar-refractivity contribution is 7.17. The molecule has 0 spiro atoms. The molecule has 2 bridgehead atoms. The first kappa shape index (κ1) is 18.5. The number of hydrogen-bond acceptors (Lipinski definition) is 6. The molecule has 2 atom stereocenters. The number of ether oxygens (including phenoxy) is 1. The van der Waals surface area contributed by atoms with Crippen LogP contribution in [0.3, 0.4) is 0 Å². The minimum atomic E-state index is -0.688. The zero-order valence-corrected chi connectivity index (χ0v) is 16.6. The Morgan fingerprint density at radius 2 is 2.04 bits per heavy atom. The minimum absolute atomic E-state index is 0.187. The molecule has 2 aliphatic rings. The van der Waals surface area contributed by atoms with Gasteiger partial charge in [0.1, 0.15) is 6.10 Å². The van der Waals surface area contributed by atoms with Crippen molar-refractivity contribution in [2.45, 2.75) is 70.2 Å². The van der Waals surface area contributed by atoms with E-state index in [2.05, 4.69) is 18.9 Å². The Morgan fingerprint density at radius 1 is 1.33 bits per heavy atom. The summed E-state index contributed by atoms with van der Waals surface area (Å²) in [4.78, 5) is 28.2. The second-order valence-electron chi connectivity index (χ2n) is 7.72. The van der Waals surface area contributed by atoms with Crippen LogP contribution in [-0.4, -0.2) is 45.8 Å². The van der Waals surface area contributed by atoms with Gasteiger partial charge in [0.2, 0.25) is 0 Å². The molecule has 4 heterocycles. The molecule has 2 unspecified atom stereocenters. The maximum atomic E-state index is 13.0. The molecule has 146 valence electrons. The molecule has 2 fully saturated rings. The predicted molar refractivity (Wildman–Crippen MR) is 106 cm³/mol. The number of carbonyl (C=O) groups excluding carboxylic acids is 1. The minimum Gasteiger partial charge on any atom is -0.505 e. The van der Waals surface area contributed by atoms with Crippen molar-refractivity contribution < 1.29 is 14.6 Å². The largest absolute Gasteiger partial charge is 0.505 e. The summed E-state index contributed by atoms with van der Waals surface area (Å²) in [7, 11) is 2.13. The van der Waals surface area contributed by atoms with Crippen LogP contribution < -0.4 is 5.56 Å². The Kier molecular flexibility index (Phi) is 4.99. The van der Waals surface area contributed by atoms with Gasteiger partial charge in [-0.3, -0.25) is 4.79 Å². The predicted octanol–water partition coefficient (Wildman–Crippen LogP) is 3.35.